The molecule has 0 bridgehead atoms. The van der Waals surface area contributed by atoms with Gasteiger partial charge in [-0.05, 0) is 44.2 Å². The molecule has 0 N–H and O–H groups in total. The largest absolute Gasteiger partial charge is 0.420 e. The summed E-state index contributed by atoms with van der Waals surface area (Å²) in [6.45, 7) is 3.32. The fourth-order valence-corrected chi connectivity index (χ4v) is 3.47. The quantitative estimate of drug-likeness (QED) is 0.482. The van der Waals surface area contributed by atoms with E-state index < -0.39 is 5.63 Å². The SMILES string of the molecule is CC(=O)c1c(C)n(-c2ccc(Cl)cc2)c2c1oc(=O)c1ccccc12. The molecule has 2 aromatic carbocycles. The lowest BCUT2D eigenvalue weighted by molar-refractivity contribution is 0.101. The maximum absolute atomic E-state index is 12.4. The van der Waals surface area contributed by atoms with E-state index in [2.05, 4.69) is 0 Å². The van der Waals surface area contributed by atoms with E-state index in [9.17, 15) is 9.59 Å². The maximum Gasteiger partial charge on any atom is 0.344 e. The molecule has 0 saturated carbocycles. The molecule has 0 fully saturated rings. The molecule has 2 aromatic heterocycles. The highest BCUT2D eigenvalue weighted by atomic mass is 35.5. The van der Waals surface area contributed by atoms with Crippen molar-refractivity contribution in [1.29, 1.82) is 0 Å². The predicted octanol–water partition coefficient (Wildman–Crippen LogP) is 4.90. The van der Waals surface area contributed by atoms with Crippen LogP contribution in [0.4, 0.5) is 0 Å². The normalized spacial score (nSPS) is 11.3. The van der Waals surface area contributed by atoms with E-state index in [-0.39, 0.29) is 5.78 Å². The third kappa shape index (κ3) is 2.29. The van der Waals surface area contributed by atoms with Crippen molar-refractivity contribution in [3.05, 3.63) is 75.2 Å². The highest BCUT2D eigenvalue weighted by Gasteiger charge is 2.23. The van der Waals surface area contributed by atoms with E-state index in [1.165, 1.54) is 6.92 Å². The Morgan fingerprint density at radius 3 is 2.32 bits per heavy atom. The number of Topliss-reactive ketones (excluding diaryl/α,β-unsaturated/α-hetero) is 1. The zero-order valence-corrected chi connectivity index (χ0v) is 14.4. The summed E-state index contributed by atoms with van der Waals surface area (Å²) < 4.78 is 7.49. The molecule has 5 heteroatoms. The molecular formula is C20H14ClNO3. The van der Waals surface area contributed by atoms with Crippen LogP contribution in [0.3, 0.4) is 0 Å². The highest BCUT2D eigenvalue weighted by Crippen LogP contribution is 2.33. The van der Waals surface area contributed by atoms with Crippen molar-refractivity contribution in [2.75, 3.05) is 0 Å². The summed E-state index contributed by atoms with van der Waals surface area (Å²) >= 11 is 6.01. The fourth-order valence-electron chi connectivity index (χ4n) is 3.35. The summed E-state index contributed by atoms with van der Waals surface area (Å²) in [4.78, 5) is 24.6. The molecular weight excluding hydrogens is 338 g/mol. The fraction of sp³-hybridized carbons (Fsp3) is 0.100. The Bertz CT molecular complexity index is 1200. The van der Waals surface area contributed by atoms with Crippen molar-refractivity contribution < 1.29 is 9.21 Å². The van der Waals surface area contributed by atoms with Crippen LogP contribution in [0.25, 0.3) is 27.6 Å². The molecule has 4 rings (SSSR count). The van der Waals surface area contributed by atoms with Crippen molar-refractivity contribution in [2.45, 2.75) is 13.8 Å². The summed E-state index contributed by atoms with van der Waals surface area (Å²) in [7, 11) is 0. The average molecular weight is 352 g/mol. The zero-order valence-electron chi connectivity index (χ0n) is 13.7. The molecule has 0 spiro atoms. The molecule has 0 atom stereocenters. The summed E-state index contributed by atoms with van der Waals surface area (Å²) in [6, 6.07) is 14.6. The Labute approximate surface area is 148 Å². The van der Waals surface area contributed by atoms with Gasteiger partial charge in [-0.3, -0.25) is 4.79 Å². The lowest BCUT2D eigenvalue weighted by atomic mass is 10.1. The Morgan fingerprint density at radius 2 is 1.68 bits per heavy atom. The molecule has 0 saturated heterocycles. The van der Waals surface area contributed by atoms with Gasteiger partial charge in [0.15, 0.2) is 11.4 Å². The van der Waals surface area contributed by atoms with Crippen molar-refractivity contribution in [3.8, 4) is 5.69 Å². The minimum Gasteiger partial charge on any atom is -0.420 e. The van der Waals surface area contributed by atoms with Gasteiger partial charge in [0.2, 0.25) is 0 Å². The second-order valence-electron chi connectivity index (χ2n) is 5.94. The van der Waals surface area contributed by atoms with Gasteiger partial charge in [-0.1, -0.05) is 29.8 Å². The van der Waals surface area contributed by atoms with Crippen LogP contribution in [-0.4, -0.2) is 10.4 Å². The number of fused-ring (bicyclic) bond motifs is 3. The van der Waals surface area contributed by atoms with Crippen molar-refractivity contribution in [2.24, 2.45) is 0 Å². The number of aromatic nitrogens is 1. The number of carbonyl (C=O) groups is 1. The average Bonchev–Trinajstić information content (AvgIpc) is 2.88. The van der Waals surface area contributed by atoms with Crippen LogP contribution < -0.4 is 5.63 Å². The summed E-state index contributed by atoms with van der Waals surface area (Å²) in [5.41, 5.74) is 2.58. The Hall–Kier alpha value is -2.85. The summed E-state index contributed by atoms with van der Waals surface area (Å²) in [6.07, 6.45) is 0. The van der Waals surface area contributed by atoms with Crippen LogP contribution in [0, 0.1) is 6.92 Å². The smallest absolute Gasteiger partial charge is 0.344 e. The predicted molar refractivity (Wildman–Crippen MR) is 99.1 cm³/mol. The molecule has 4 aromatic rings. The van der Waals surface area contributed by atoms with Crippen LogP contribution in [0.15, 0.2) is 57.7 Å². The van der Waals surface area contributed by atoms with Gasteiger partial charge < -0.3 is 8.98 Å². The van der Waals surface area contributed by atoms with Crippen LogP contribution >= 0.6 is 11.6 Å². The van der Waals surface area contributed by atoms with Gasteiger partial charge in [-0.2, -0.15) is 0 Å². The van der Waals surface area contributed by atoms with Crippen molar-refractivity contribution in [3.63, 3.8) is 0 Å². The number of halogens is 1. The Morgan fingerprint density at radius 1 is 1.04 bits per heavy atom. The van der Waals surface area contributed by atoms with Crippen molar-refractivity contribution >= 4 is 39.3 Å². The van der Waals surface area contributed by atoms with Crippen LogP contribution in [0.2, 0.25) is 5.02 Å². The van der Waals surface area contributed by atoms with Gasteiger partial charge in [0.05, 0.1) is 16.5 Å². The van der Waals surface area contributed by atoms with E-state index >= 15 is 0 Å². The lowest BCUT2D eigenvalue weighted by Gasteiger charge is -2.09. The first-order valence-electron chi connectivity index (χ1n) is 7.83. The molecule has 4 nitrogen and oxygen atoms in total. The zero-order chi connectivity index (χ0) is 17.7. The molecule has 0 amide bonds. The first kappa shape index (κ1) is 15.7. The van der Waals surface area contributed by atoms with Crippen LogP contribution in [0.1, 0.15) is 23.0 Å². The summed E-state index contributed by atoms with van der Waals surface area (Å²) in [5, 5.41) is 1.86. The number of hydrogen-bond donors (Lipinski definition) is 0. The third-order valence-corrected chi connectivity index (χ3v) is 4.65. The minimum atomic E-state index is -0.446. The number of nitrogens with zero attached hydrogens (tertiary/aromatic N) is 1. The standard InChI is InChI=1S/C20H14ClNO3/c1-11-17(12(2)23)19-18(22(11)14-9-7-13(21)8-10-14)15-5-3-4-6-16(15)20(24)25-19/h3-10H,1-2H3. The van der Waals surface area contributed by atoms with Gasteiger partial charge >= 0.3 is 5.63 Å². The summed E-state index contributed by atoms with van der Waals surface area (Å²) in [5.74, 6) is -0.145. The maximum atomic E-state index is 12.4. The number of hydrogen-bond acceptors (Lipinski definition) is 3. The third-order valence-electron chi connectivity index (χ3n) is 4.40. The van der Waals surface area contributed by atoms with E-state index in [1.54, 1.807) is 24.3 Å². The molecule has 0 aliphatic rings. The van der Waals surface area contributed by atoms with Crippen LogP contribution in [-0.2, 0) is 0 Å². The lowest BCUT2D eigenvalue weighted by Crippen LogP contribution is -2.01. The molecule has 0 aliphatic heterocycles. The van der Waals surface area contributed by atoms with Gasteiger partial charge in [-0.15, -0.1) is 0 Å². The number of benzene rings is 2. The van der Waals surface area contributed by atoms with E-state index in [4.69, 9.17) is 16.0 Å². The number of rotatable bonds is 2. The first-order valence-corrected chi connectivity index (χ1v) is 8.20. The number of ketones is 1. The highest BCUT2D eigenvalue weighted by molar-refractivity contribution is 6.30. The number of carbonyl (C=O) groups excluding carboxylic acids is 1. The molecule has 0 aliphatic carbocycles. The molecule has 0 unspecified atom stereocenters. The second kappa shape index (κ2) is 5.60. The molecule has 124 valence electrons. The van der Waals surface area contributed by atoms with Gasteiger partial charge in [0.25, 0.3) is 0 Å². The second-order valence-corrected chi connectivity index (χ2v) is 6.38. The van der Waals surface area contributed by atoms with Gasteiger partial charge in [0.1, 0.15) is 0 Å². The monoisotopic (exact) mass is 351 g/mol. The Kier molecular flexibility index (Phi) is 3.51. The van der Waals surface area contributed by atoms with Gasteiger partial charge in [0, 0.05) is 21.8 Å². The molecule has 25 heavy (non-hydrogen) atoms. The van der Waals surface area contributed by atoms with E-state index in [1.807, 2.05) is 35.8 Å². The van der Waals surface area contributed by atoms with Crippen molar-refractivity contribution in [1.82, 2.24) is 4.57 Å². The Balaban J connectivity index is 2.27. The minimum absolute atomic E-state index is 0.145. The first-order chi connectivity index (χ1) is 12.0. The molecule has 2 heterocycles. The molecule has 0 radical (unpaired) electrons. The van der Waals surface area contributed by atoms with Crippen LogP contribution in [0.5, 0.6) is 0 Å². The van der Waals surface area contributed by atoms with Gasteiger partial charge in [-0.25, -0.2) is 4.79 Å². The van der Waals surface area contributed by atoms with E-state index in [0.717, 1.165) is 16.8 Å². The topological polar surface area (TPSA) is 52.2 Å². The van der Waals surface area contributed by atoms with E-state index in [0.29, 0.717) is 27.1 Å².